The monoisotopic (exact) mass is 407 g/mol. The minimum Gasteiger partial charge on any atom is -0.288 e. The Morgan fingerprint density at radius 3 is 2.70 bits per heavy atom. The summed E-state index contributed by atoms with van der Waals surface area (Å²) in [6.45, 7) is 0.420. The summed E-state index contributed by atoms with van der Waals surface area (Å²) in [5, 5.41) is 0. The zero-order valence-corrected chi connectivity index (χ0v) is 15.1. The first-order valence-corrected chi connectivity index (χ1v) is 8.81. The van der Waals surface area contributed by atoms with Gasteiger partial charge in [-0.2, -0.15) is 0 Å². The number of benzene rings is 2. The molecule has 1 aliphatic heterocycles. The number of halogens is 2. The van der Waals surface area contributed by atoms with Crippen LogP contribution in [0.15, 0.2) is 57.9 Å². The maximum atomic E-state index is 13.9. The molecule has 3 rings (SSSR count). The number of hydrogen-bond acceptors (Lipinski definition) is 3. The van der Waals surface area contributed by atoms with E-state index in [9.17, 15) is 9.18 Å². The van der Waals surface area contributed by atoms with Gasteiger partial charge in [0.15, 0.2) is 0 Å². The van der Waals surface area contributed by atoms with Gasteiger partial charge in [0.25, 0.3) is 5.91 Å². The molecule has 0 aliphatic carbocycles. The molecule has 23 heavy (non-hydrogen) atoms. The van der Waals surface area contributed by atoms with Crippen LogP contribution >= 0.6 is 39.9 Å². The fraction of sp³-hybridized carbons (Fsp3) is 0.0588. The van der Waals surface area contributed by atoms with E-state index in [-0.39, 0.29) is 11.7 Å². The highest BCUT2D eigenvalue weighted by Gasteiger charge is 2.32. The van der Waals surface area contributed by atoms with Gasteiger partial charge in [0.2, 0.25) is 0 Å². The third-order valence-electron chi connectivity index (χ3n) is 3.30. The molecule has 1 saturated heterocycles. The minimum atomic E-state index is -0.374. The lowest BCUT2D eigenvalue weighted by molar-refractivity contribution is -0.122. The predicted molar refractivity (Wildman–Crippen MR) is 99.3 cm³/mol. The molecule has 0 bridgehead atoms. The smallest absolute Gasteiger partial charge is 0.266 e. The molecule has 0 saturated carbocycles. The molecular weight excluding hydrogens is 397 g/mol. The number of rotatable bonds is 3. The lowest BCUT2D eigenvalue weighted by Crippen LogP contribution is -2.27. The van der Waals surface area contributed by atoms with Crippen LogP contribution in [0, 0.1) is 5.82 Å². The van der Waals surface area contributed by atoms with Crippen molar-refractivity contribution in [3.05, 3.63) is 74.9 Å². The number of hydrogen-bond donors (Lipinski definition) is 0. The fourth-order valence-corrected chi connectivity index (χ4v) is 3.79. The Morgan fingerprint density at radius 1 is 1.22 bits per heavy atom. The Labute approximate surface area is 151 Å². The second-order valence-corrected chi connectivity index (χ2v) is 7.51. The van der Waals surface area contributed by atoms with Crippen LogP contribution in [-0.2, 0) is 11.3 Å². The van der Waals surface area contributed by atoms with Gasteiger partial charge < -0.3 is 0 Å². The molecule has 2 aromatic carbocycles. The summed E-state index contributed by atoms with van der Waals surface area (Å²) in [6, 6.07) is 14.3. The second kappa shape index (κ2) is 6.95. The molecule has 1 amide bonds. The van der Waals surface area contributed by atoms with Gasteiger partial charge in [-0.3, -0.25) is 9.69 Å². The summed E-state index contributed by atoms with van der Waals surface area (Å²) in [4.78, 5) is 14.5. The maximum Gasteiger partial charge on any atom is 0.266 e. The van der Waals surface area contributed by atoms with Crippen molar-refractivity contribution in [3.63, 3.8) is 0 Å². The summed E-state index contributed by atoms with van der Waals surface area (Å²) in [5.74, 6) is -0.565. The van der Waals surface area contributed by atoms with Crippen LogP contribution in [0.3, 0.4) is 0 Å². The Hall–Kier alpha value is -1.50. The van der Waals surface area contributed by atoms with E-state index >= 15 is 0 Å². The fourth-order valence-electron chi connectivity index (χ4n) is 2.17. The number of nitrogens with zero attached hydrogens (tertiary/aromatic N) is 1. The molecule has 0 radical (unpaired) electrons. The third-order valence-corrected chi connectivity index (χ3v) is 5.17. The highest BCUT2D eigenvalue weighted by atomic mass is 79.9. The highest BCUT2D eigenvalue weighted by Crippen LogP contribution is 2.34. The number of thiocarbonyl (C=S) groups is 1. The van der Waals surface area contributed by atoms with Gasteiger partial charge in [0, 0.05) is 10.0 Å². The quantitative estimate of drug-likeness (QED) is 0.527. The van der Waals surface area contributed by atoms with Crippen molar-refractivity contribution >= 4 is 56.2 Å². The van der Waals surface area contributed by atoms with Crippen LogP contribution in [0.25, 0.3) is 6.08 Å². The molecule has 1 heterocycles. The van der Waals surface area contributed by atoms with Gasteiger partial charge in [-0.1, -0.05) is 70.2 Å². The first-order chi connectivity index (χ1) is 11.0. The van der Waals surface area contributed by atoms with E-state index in [4.69, 9.17) is 12.2 Å². The molecular formula is C17H11BrFNOS2. The van der Waals surface area contributed by atoms with Crippen molar-refractivity contribution in [3.8, 4) is 0 Å². The Morgan fingerprint density at radius 2 is 1.96 bits per heavy atom. The summed E-state index contributed by atoms with van der Waals surface area (Å²) >= 11 is 9.80. The van der Waals surface area contributed by atoms with Gasteiger partial charge in [0.05, 0.1) is 11.4 Å². The van der Waals surface area contributed by atoms with Crippen molar-refractivity contribution in [2.75, 3.05) is 0 Å². The van der Waals surface area contributed by atoms with Crippen LogP contribution in [0.5, 0.6) is 0 Å². The molecule has 0 atom stereocenters. The molecule has 6 heteroatoms. The molecule has 0 N–H and O–H groups in total. The molecule has 2 aromatic rings. The first kappa shape index (κ1) is 16.4. The van der Waals surface area contributed by atoms with Crippen LogP contribution in [0.2, 0.25) is 0 Å². The molecule has 0 aromatic heterocycles. The number of amides is 1. The minimum absolute atomic E-state index is 0.191. The second-order valence-electron chi connectivity index (χ2n) is 4.92. The summed E-state index contributed by atoms with van der Waals surface area (Å²) < 4.78 is 15.1. The first-order valence-electron chi connectivity index (χ1n) is 6.79. The molecule has 116 valence electrons. The summed E-state index contributed by atoms with van der Waals surface area (Å²) in [5.41, 5.74) is 1.36. The van der Waals surface area contributed by atoms with Gasteiger partial charge in [-0.15, -0.1) is 0 Å². The van der Waals surface area contributed by atoms with E-state index in [0.29, 0.717) is 21.3 Å². The zero-order valence-electron chi connectivity index (χ0n) is 11.8. The van der Waals surface area contributed by atoms with Crippen molar-refractivity contribution in [2.24, 2.45) is 0 Å². The summed E-state index contributed by atoms with van der Waals surface area (Å²) in [6.07, 6.45) is 1.55. The average Bonchev–Trinajstić information content (AvgIpc) is 2.80. The van der Waals surface area contributed by atoms with E-state index in [1.807, 2.05) is 30.3 Å². The third kappa shape index (κ3) is 3.71. The molecule has 2 nitrogen and oxygen atoms in total. The lowest BCUT2D eigenvalue weighted by Gasteiger charge is -2.14. The summed E-state index contributed by atoms with van der Waals surface area (Å²) in [7, 11) is 0. The van der Waals surface area contributed by atoms with Crippen molar-refractivity contribution in [1.29, 1.82) is 0 Å². The van der Waals surface area contributed by atoms with Gasteiger partial charge in [-0.05, 0) is 29.8 Å². The number of carbonyl (C=O) groups excluding carboxylic acids is 1. The number of carbonyl (C=O) groups is 1. The average molecular weight is 408 g/mol. The highest BCUT2D eigenvalue weighted by molar-refractivity contribution is 9.10. The molecule has 1 fully saturated rings. The Bertz CT molecular complexity index is 807. The van der Waals surface area contributed by atoms with E-state index in [1.165, 1.54) is 22.7 Å². The Balaban J connectivity index is 1.86. The lowest BCUT2D eigenvalue weighted by atomic mass is 10.2. The molecule has 0 spiro atoms. The molecule has 0 unspecified atom stereocenters. The zero-order chi connectivity index (χ0) is 16.4. The SMILES string of the molecule is O=C1/C(=C\c2cc(Br)ccc2F)SC(=S)N1Cc1ccccc1. The van der Waals surface area contributed by atoms with Crippen LogP contribution in [0.1, 0.15) is 11.1 Å². The van der Waals surface area contributed by atoms with Crippen LogP contribution in [-0.4, -0.2) is 15.1 Å². The molecule has 1 aliphatic rings. The number of thioether (sulfide) groups is 1. The van der Waals surface area contributed by atoms with Crippen LogP contribution < -0.4 is 0 Å². The normalized spacial score (nSPS) is 16.4. The van der Waals surface area contributed by atoms with Gasteiger partial charge in [0.1, 0.15) is 10.1 Å². The van der Waals surface area contributed by atoms with Gasteiger partial charge in [-0.25, -0.2) is 4.39 Å². The van der Waals surface area contributed by atoms with Gasteiger partial charge >= 0.3 is 0 Å². The standard InChI is InChI=1S/C17H11BrFNOS2/c18-13-6-7-14(19)12(8-13)9-15-16(21)20(17(22)23-15)10-11-4-2-1-3-5-11/h1-9H,10H2/b15-9+. The predicted octanol–water partition coefficient (Wildman–Crippen LogP) is 4.99. The van der Waals surface area contributed by atoms with E-state index < -0.39 is 0 Å². The van der Waals surface area contributed by atoms with Crippen molar-refractivity contribution < 1.29 is 9.18 Å². The topological polar surface area (TPSA) is 20.3 Å². The van der Waals surface area contributed by atoms with Crippen molar-refractivity contribution in [1.82, 2.24) is 4.90 Å². The maximum absolute atomic E-state index is 13.9. The Kier molecular flexibility index (Phi) is 4.94. The van der Waals surface area contributed by atoms with E-state index in [0.717, 1.165) is 10.0 Å². The van der Waals surface area contributed by atoms with E-state index in [1.54, 1.807) is 18.2 Å². The van der Waals surface area contributed by atoms with Crippen molar-refractivity contribution in [2.45, 2.75) is 6.54 Å². The largest absolute Gasteiger partial charge is 0.288 e. The van der Waals surface area contributed by atoms with Crippen LogP contribution in [0.4, 0.5) is 4.39 Å². The van der Waals surface area contributed by atoms with E-state index in [2.05, 4.69) is 15.9 Å².